The molecular weight excluding hydrogens is 378 g/mol. The van der Waals surface area contributed by atoms with E-state index in [0.29, 0.717) is 32.7 Å². The maximum Gasteiger partial charge on any atom is 0.249 e. The third-order valence-corrected chi connectivity index (χ3v) is 6.95. The van der Waals surface area contributed by atoms with Crippen molar-refractivity contribution in [1.29, 1.82) is 0 Å². The third kappa shape index (κ3) is 4.48. The van der Waals surface area contributed by atoms with E-state index in [9.17, 15) is 13.6 Å². The molecule has 3 saturated heterocycles. The molecule has 1 aromatic rings. The summed E-state index contributed by atoms with van der Waals surface area (Å²) in [5.74, 6) is -2.72. The lowest BCUT2D eigenvalue weighted by atomic mass is 9.71. The van der Waals surface area contributed by atoms with Crippen LogP contribution in [0, 0.1) is 11.3 Å². The van der Waals surface area contributed by atoms with Crippen LogP contribution in [-0.4, -0.2) is 70.8 Å². The number of carbonyl (C=O) groups is 1. The number of hydrogen-bond acceptors (Lipinski definition) is 4. The largest absolute Gasteiger partial charge is 0.381 e. The first-order chi connectivity index (χ1) is 13.9. The zero-order valence-electron chi connectivity index (χ0n) is 17.3. The number of nitrogens with zero attached hydrogens (tertiary/aromatic N) is 4. The zero-order chi connectivity index (χ0) is 20.5. The van der Waals surface area contributed by atoms with Crippen molar-refractivity contribution in [3.8, 4) is 0 Å². The first-order valence-electron chi connectivity index (χ1n) is 10.9. The van der Waals surface area contributed by atoms with Crippen LogP contribution in [-0.2, 0) is 22.6 Å². The van der Waals surface area contributed by atoms with Crippen LogP contribution in [0.1, 0.15) is 44.6 Å². The first kappa shape index (κ1) is 20.7. The van der Waals surface area contributed by atoms with E-state index in [1.54, 1.807) is 4.90 Å². The van der Waals surface area contributed by atoms with Crippen molar-refractivity contribution in [1.82, 2.24) is 19.6 Å². The molecule has 1 aromatic heterocycles. The molecule has 6 nitrogen and oxygen atoms in total. The van der Waals surface area contributed by atoms with E-state index in [1.807, 2.05) is 10.9 Å². The molecule has 3 aliphatic rings. The Kier molecular flexibility index (Phi) is 5.93. The number of carbonyl (C=O) groups excluding carboxylic acids is 1. The van der Waals surface area contributed by atoms with Crippen molar-refractivity contribution in [3.05, 3.63) is 18.0 Å². The Hall–Kier alpha value is -1.54. The molecule has 0 N–H and O–H groups in total. The van der Waals surface area contributed by atoms with Crippen molar-refractivity contribution < 1.29 is 18.3 Å². The van der Waals surface area contributed by atoms with Gasteiger partial charge >= 0.3 is 0 Å². The predicted molar refractivity (Wildman–Crippen MR) is 105 cm³/mol. The van der Waals surface area contributed by atoms with Crippen LogP contribution in [0.2, 0.25) is 0 Å². The standard InChI is InChI=1S/C21H32F2N4O2/c1-2-27-14-17(12-24-27)13-25-15-18(20(16-25)6-10-29-11-7-20)19(28)26-8-3-4-21(22,23)5-9-26/h12,14,18H,2-11,13,15-16H2,1H3. The molecular formula is C21H32F2N4O2. The second kappa shape index (κ2) is 8.30. The summed E-state index contributed by atoms with van der Waals surface area (Å²) in [5.41, 5.74) is 1.04. The molecule has 1 atom stereocenters. The van der Waals surface area contributed by atoms with Gasteiger partial charge in [0.05, 0.1) is 12.1 Å². The van der Waals surface area contributed by atoms with Crippen molar-refractivity contribution >= 4 is 5.91 Å². The predicted octanol–water partition coefficient (Wildman–Crippen LogP) is 2.78. The molecule has 0 saturated carbocycles. The van der Waals surface area contributed by atoms with Gasteiger partial charge in [-0.1, -0.05) is 0 Å². The number of aromatic nitrogens is 2. The Morgan fingerprint density at radius 1 is 1.24 bits per heavy atom. The first-order valence-corrected chi connectivity index (χ1v) is 10.9. The van der Waals surface area contributed by atoms with Crippen LogP contribution >= 0.6 is 0 Å². The van der Waals surface area contributed by atoms with E-state index in [2.05, 4.69) is 23.1 Å². The molecule has 0 aliphatic carbocycles. The Morgan fingerprint density at radius 2 is 2.03 bits per heavy atom. The summed E-state index contributed by atoms with van der Waals surface area (Å²) in [6, 6.07) is 0. The number of hydrogen-bond donors (Lipinski definition) is 0. The molecule has 0 aromatic carbocycles. The molecule has 3 fully saturated rings. The molecule has 162 valence electrons. The molecule has 1 unspecified atom stereocenters. The number of ether oxygens (including phenoxy) is 1. The number of alkyl halides is 2. The van der Waals surface area contributed by atoms with E-state index >= 15 is 0 Å². The summed E-state index contributed by atoms with van der Waals surface area (Å²) in [5, 5.41) is 4.36. The molecule has 4 rings (SSSR count). The van der Waals surface area contributed by atoms with Crippen LogP contribution in [0.25, 0.3) is 0 Å². The highest BCUT2D eigenvalue weighted by Crippen LogP contribution is 2.45. The van der Waals surface area contributed by atoms with Crippen LogP contribution in [0.3, 0.4) is 0 Å². The zero-order valence-corrected chi connectivity index (χ0v) is 17.3. The van der Waals surface area contributed by atoms with Gasteiger partial charge in [0, 0.05) is 82.5 Å². The summed E-state index contributed by atoms with van der Waals surface area (Å²) in [7, 11) is 0. The van der Waals surface area contributed by atoms with E-state index in [1.165, 1.54) is 0 Å². The number of rotatable bonds is 4. The maximum atomic E-state index is 13.8. The topological polar surface area (TPSA) is 50.6 Å². The minimum absolute atomic E-state index is 0.0661. The molecule has 0 bridgehead atoms. The minimum atomic E-state index is -2.65. The summed E-state index contributed by atoms with van der Waals surface area (Å²) in [6.07, 6.45) is 5.71. The van der Waals surface area contributed by atoms with Gasteiger partial charge in [0.1, 0.15) is 0 Å². The molecule has 29 heavy (non-hydrogen) atoms. The Morgan fingerprint density at radius 3 is 2.76 bits per heavy atom. The second-order valence-electron chi connectivity index (χ2n) is 8.94. The van der Waals surface area contributed by atoms with Gasteiger partial charge in [0.15, 0.2) is 0 Å². The SMILES string of the molecule is CCn1cc(CN2CC(C(=O)N3CCCC(F)(F)CC3)C3(CCOCC3)C2)cn1. The lowest BCUT2D eigenvalue weighted by molar-refractivity contribution is -0.140. The average molecular weight is 411 g/mol. The molecule has 1 amide bonds. The Balaban J connectivity index is 1.49. The van der Waals surface area contributed by atoms with Gasteiger partial charge < -0.3 is 9.64 Å². The van der Waals surface area contributed by atoms with Gasteiger partial charge in [0.2, 0.25) is 11.8 Å². The van der Waals surface area contributed by atoms with Gasteiger partial charge in [-0.05, 0) is 26.2 Å². The van der Waals surface area contributed by atoms with Crippen LogP contribution in [0.5, 0.6) is 0 Å². The fourth-order valence-electron chi connectivity index (χ4n) is 5.24. The summed E-state index contributed by atoms with van der Waals surface area (Å²) in [4.78, 5) is 17.5. The summed E-state index contributed by atoms with van der Waals surface area (Å²) >= 11 is 0. The highest BCUT2D eigenvalue weighted by Gasteiger charge is 2.51. The average Bonchev–Trinajstić information content (AvgIpc) is 3.23. The number of likely N-dealkylation sites (tertiary alicyclic amines) is 2. The fourth-order valence-corrected chi connectivity index (χ4v) is 5.24. The third-order valence-electron chi connectivity index (χ3n) is 6.95. The molecule has 4 heterocycles. The molecule has 8 heteroatoms. The Bertz CT molecular complexity index is 717. The van der Waals surface area contributed by atoms with Crippen LogP contribution in [0.15, 0.2) is 12.4 Å². The lowest BCUT2D eigenvalue weighted by Crippen LogP contribution is -2.46. The van der Waals surface area contributed by atoms with E-state index in [0.717, 1.165) is 38.0 Å². The fraction of sp³-hybridized carbons (Fsp3) is 0.810. The van der Waals surface area contributed by atoms with E-state index in [-0.39, 0.29) is 36.6 Å². The highest BCUT2D eigenvalue weighted by molar-refractivity contribution is 5.80. The maximum absolute atomic E-state index is 13.8. The van der Waals surface area contributed by atoms with Crippen molar-refractivity contribution in [3.63, 3.8) is 0 Å². The van der Waals surface area contributed by atoms with Crippen molar-refractivity contribution in [2.75, 3.05) is 39.4 Å². The van der Waals surface area contributed by atoms with Crippen LogP contribution < -0.4 is 0 Å². The highest BCUT2D eigenvalue weighted by atomic mass is 19.3. The van der Waals surface area contributed by atoms with E-state index in [4.69, 9.17) is 4.74 Å². The van der Waals surface area contributed by atoms with Gasteiger partial charge in [-0.3, -0.25) is 14.4 Å². The van der Waals surface area contributed by atoms with Gasteiger partial charge in [-0.25, -0.2) is 8.78 Å². The van der Waals surface area contributed by atoms with Crippen molar-refractivity contribution in [2.24, 2.45) is 11.3 Å². The Labute approximate surface area is 171 Å². The second-order valence-corrected chi connectivity index (χ2v) is 8.94. The number of amides is 1. The van der Waals surface area contributed by atoms with Gasteiger partial charge in [0.25, 0.3) is 0 Å². The number of aryl methyl sites for hydroxylation is 1. The number of halogens is 2. The normalized spacial score (nSPS) is 27.3. The minimum Gasteiger partial charge on any atom is -0.381 e. The lowest BCUT2D eigenvalue weighted by Gasteiger charge is -2.39. The summed E-state index contributed by atoms with van der Waals surface area (Å²) < 4.78 is 35.1. The monoisotopic (exact) mass is 410 g/mol. The van der Waals surface area contributed by atoms with E-state index < -0.39 is 5.92 Å². The molecule has 1 spiro atoms. The van der Waals surface area contributed by atoms with Crippen molar-refractivity contribution in [2.45, 2.75) is 58.0 Å². The van der Waals surface area contributed by atoms with Gasteiger partial charge in [-0.2, -0.15) is 5.10 Å². The molecule has 0 radical (unpaired) electrons. The smallest absolute Gasteiger partial charge is 0.249 e. The van der Waals surface area contributed by atoms with Gasteiger partial charge in [-0.15, -0.1) is 0 Å². The van der Waals surface area contributed by atoms with Crippen LogP contribution in [0.4, 0.5) is 8.78 Å². The summed E-state index contributed by atoms with van der Waals surface area (Å²) in [6.45, 7) is 7.15. The molecule has 3 aliphatic heterocycles. The quantitative estimate of drug-likeness (QED) is 0.766.